The summed E-state index contributed by atoms with van der Waals surface area (Å²) in [5.74, 6) is -3.24. The van der Waals surface area contributed by atoms with Gasteiger partial charge in [-0.25, -0.2) is 23.1 Å². The minimum absolute atomic E-state index is 0.0941. The van der Waals surface area contributed by atoms with E-state index in [-0.39, 0.29) is 23.1 Å². The Kier molecular flexibility index (Phi) is 5.00. The minimum Gasteiger partial charge on any atom is -0.356 e. The predicted octanol–water partition coefficient (Wildman–Crippen LogP) is 6.20. The van der Waals surface area contributed by atoms with Gasteiger partial charge in [0.2, 0.25) is 5.95 Å². The monoisotopic (exact) mass is 482 g/mol. The smallest absolute Gasteiger partial charge is 0.356 e. The zero-order valence-electron chi connectivity index (χ0n) is 16.5. The van der Waals surface area contributed by atoms with Crippen LogP contribution in [-0.2, 0) is 12.6 Å². The fourth-order valence-electron chi connectivity index (χ4n) is 4.20. The van der Waals surface area contributed by atoms with Crippen LogP contribution in [0.2, 0.25) is 5.02 Å². The van der Waals surface area contributed by atoms with Crippen LogP contribution in [-0.4, -0.2) is 21.5 Å². The van der Waals surface area contributed by atoms with Crippen molar-refractivity contribution in [3.05, 3.63) is 87.6 Å². The molecule has 3 heterocycles. The number of rotatable bonds is 2. The molecule has 0 spiro atoms. The molecular formula is C22H13ClF6N4. The minimum atomic E-state index is -4.71. The molecule has 0 bridgehead atoms. The largest absolute Gasteiger partial charge is 0.433 e. The molecule has 0 amide bonds. The van der Waals surface area contributed by atoms with E-state index in [4.69, 9.17) is 11.6 Å². The first kappa shape index (κ1) is 21.6. The Morgan fingerprint density at radius 3 is 2.61 bits per heavy atom. The molecule has 0 saturated carbocycles. The molecule has 0 aliphatic carbocycles. The number of halogens is 7. The Bertz CT molecular complexity index is 1380. The highest BCUT2D eigenvalue weighted by Gasteiger charge is 2.38. The second-order valence-electron chi connectivity index (χ2n) is 7.56. The SMILES string of the molecule is Fc1cc2[nH]c3c(c2cc1Cl)CCN(c1nccc(C(F)(F)F)n1)C3c1cccc(F)c1F. The highest BCUT2D eigenvalue weighted by Crippen LogP contribution is 2.42. The van der Waals surface area contributed by atoms with Crippen LogP contribution in [0.25, 0.3) is 10.9 Å². The van der Waals surface area contributed by atoms with Gasteiger partial charge in [0.1, 0.15) is 17.6 Å². The highest BCUT2D eigenvalue weighted by atomic mass is 35.5. The fourth-order valence-corrected chi connectivity index (χ4v) is 4.36. The Morgan fingerprint density at radius 2 is 1.85 bits per heavy atom. The first-order valence-electron chi connectivity index (χ1n) is 9.75. The average Bonchev–Trinajstić information content (AvgIpc) is 3.12. The number of alkyl halides is 3. The van der Waals surface area contributed by atoms with Gasteiger partial charge in [-0.1, -0.05) is 23.7 Å². The summed E-state index contributed by atoms with van der Waals surface area (Å²) >= 11 is 5.94. The number of aromatic nitrogens is 3. The van der Waals surface area contributed by atoms with Crippen LogP contribution in [0.3, 0.4) is 0 Å². The maximum atomic E-state index is 14.9. The summed E-state index contributed by atoms with van der Waals surface area (Å²) in [5, 5.41) is 0.476. The van der Waals surface area contributed by atoms with Gasteiger partial charge in [0.05, 0.1) is 5.02 Å². The van der Waals surface area contributed by atoms with Crippen molar-refractivity contribution in [1.29, 1.82) is 0 Å². The van der Waals surface area contributed by atoms with E-state index in [1.54, 1.807) is 0 Å². The number of hydrogen-bond acceptors (Lipinski definition) is 3. The summed E-state index contributed by atoms with van der Waals surface area (Å²) in [6, 6.07) is 5.81. The van der Waals surface area contributed by atoms with Crippen LogP contribution in [0.4, 0.5) is 32.3 Å². The van der Waals surface area contributed by atoms with E-state index in [1.165, 1.54) is 29.2 Å². The van der Waals surface area contributed by atoms with Crippen molar-refractivity contribution >= 4 is 28.5 Å². The maximum Gasteiger partial charge on any atom is 0.433 e. The lowest BCUT2D eigenvalue weighted by molar-refractivity contribution is -0.141. The Hall–Kier alpha value is -3.27. The van der Waals surface area contributed by atoms with Crippen molar-refractivity contribution in [3.63, 3.8) is 0 Å². The summed E-state index contributed by atoms with van der Waals surface area (Å²) in [6.45, 7) is 0.0941. The number of nitrogens with one attached hydrogen (secondary N) is 1. The first-order chi connectivity index (χ1) is 15.6. The van der Waals surface area contributed by atoms with Crippen LogP contribution < -0.4 is 4.90 Å². The Morgan fingerprint density at radius 1 is 1.06 bits per heavy atom. The van der Waals surface area contributed by atoms with Crippen molar-refractivity contribution < 1.29 is 26.3 Å². The lowest BCUT2D eigenvalue weighted by Crippen LogP contribution is -2.38. The predicted molar refractivity (Wildman–Crippen MR) is 110 cm³/mol. The summed E-state index contributed by atoms with van der Waals surface area (Å²) in [7, 11) is 0. The quantitative estimate of drug-likeness (QED) is 0.346. The van der Waals surface area contributed by atoms with Crippen molar-refractivity contribution in [2.75, 3.05) is 11.4 Å². The van der Waals surface area contributed by atoms with Crippen molar-refractivity contribution in [3.8, 4) is 0 Å². The third-order valence-electron chi connectivity index (χ3n) is 5.63. The number of nitrogens with zero attached hydrogens (tertiary/aromatic N) is 3. The second kappa shape index (κ2) is 7.65. The molecule has 4 aromatic rings. The molecule has 2 aromatic carbocycles. The fraction of sp³-hybridized carbons (Fsp3) is 0.182. The molecule has 33 heavy (non-hydrogen) atoms. The summed E-state index contributed by atoms with van der Waals surface area (Å²) in [6.07, 6.45) is -3.46. The van der Waals surface area contributed by atoms with E-state index in [1.807, 2.05) is 0 Å². The number of benzene rings is 2. The molecule has 1 aliphatic rings. The summed E-state index contributed by atoms with van der Waals surface area (Å²) in [4.78, 5) is 12.0. The van der Waals surface area contributed by atoms with Crippen LogP contribution in [0.15, 0.2) is 42.6 Å². The molecule has 0 fully saturated rings. The maximum absolute atomic E-state index is 14.9. The van der Waals surface area contributed by atoms with Gasteiger partial charge < -0.3 is 9.88 Å². The van der Waals surface area contributed by atoms with E-state index < -0.39 is 35.4 Å². The first-order valence-corrected chi connectivity index (χ1v) is 10.1. The third kappa shape index (κ3) is 3.58. The van der Waals surface area contributed by atoms with E-state index in [2.05, 4.69) is 15.0 Å². The number of H-pyrrole nitrogens is 1. The molecule has 1 N–H and O–H groups in total. The van der Waals surface area contributed by atoms with Gasteiger partial charge in [0, 0.05) is 34.9 Å². The molecule has 1 unspecified atom stereocenters. The van der Waals surface area contributed by atoms with Crippen molar-refractivity contribution in [2.24, 2.45) is 0 Å². The molecule has 4 nitrogen and oxygen atoms in total. The van der Waals surface area contributed by atoms with E-state index in [0.717, 1.165) is 18.3 Å². The Labute approximate surface area is 187 Å². The normalized spacial score (nSPS) is 16.3. The van der Waals surface area contributed by atoms with Gasteiger partial charge in [0.25, 0.3) is 0 Å². The van der Waals surface area contributed by atoms with Gasteiger partial charge in [-0.2, -0.15) is 13.2 Å². The van der Waals surface area contributed by atoms with Gasteiger partial charge in [0.15, 0.2) is 11.6 Å². The van der Waals surface area contributed by atoms with Gasteiger partial charge in [-0.15, -0.1) is 0 Å². The molecule has 170 valence electrons. The van der Waals surface area contributed by atoms with Crippen LogP contribution in [0.1, 0.15) is 28.6 Å². The summed E-state index contributed by atoms with van der Waals surface area (Å²) < 4.78 is 82.8. The molecule has 1 atom stereocenters. The third-order valence-corrected chi connectivity index (χ3v) is 5.92. The number of aromatic amines is 1. The molecule has 5 rings (SSSR count). The van der Waals surface area contributed by atoms with Gasteiger partial charge in [-0.05, 0) is 36.2 Å². The van der Waals surface area contributed by atoms with E-state index in [0.29, 0.717) is 28.6 Å². The summed E-state index contributed by atoms with van der Waals surface area (Å²) in [5.41, 5.74) is 0.111. The number of fused-ring (bicyclic) bond motifs is 3. The van der Waals surface area contributed by atoms with Crippen molar-refractivity contribution in [1.82, 2.24) is 15.0 Å². The average molecular weight is 483 g/mol. The van der Waals surface area contributed by atoms with Gasteiger partial charge >= 0.3 is 6.18 Å². The standard InChI is InChI=1S/C22H13ClF6N4/c23-13-8-12-10-5-7-33(21-30-6-4-17(32-21)22(27,28)29)20(11-2-1-3-14(24)18(11)26)19(10)31-16(12)9-15(13)25/h1-4,6,8-9,20,31H,5,7H2. The number of anilines is 1. The lowest BCUT2D eigenvalue weighted by atomic mass is 9.92. The van der Waals surface area contributed by atoms with E-state index in [9.17, 15) is 26.3 Å². The molecular weight excluding hydrogens is 470 g/mol. The molecule has 0 radical (unpaired) electrons. The number of hydrogen-bond donors (Lipinski definition) is 1. The lowest BCUT2D eigenvalue weighted by Gasteiger charge is -2.36. The molecule has 0 saturated heterocycles. The Balaban J connectivity index is 1.74. The molecule has 2 aromatic heterocycles. The topological polar surface area (TPSA) is 44.8 Å². The van der Waals surface area contributed by atoms with E-state index >= 15 is 0 Å². The second-order valence-corrected chi connectivity index (χ2v) is 7.96. The van der Waals surface area contributed by atoms with Gasteiger partial charge in [-0.3, -0.25) is 0 Å². The highest BCUT2D eigenvalue weighted by molar-refractivity contribution is 6.31. The van der Waals surface area contributed by atoms with Crippen LogP contribution in [0.5, 0.6) is 0 Å². The van der Waals surface area contributed by atoms with Crippen LogP contribution >= 0.6 is 11.6 Å². The zero-order valence-corrected chi connectivity index (χ0v) is 17.3. The van der Waals surface area contributed by atoms with Crippen molar-refractivity contribution in [2.45, 2.75) is 18.6 Å². The van der Waals surface area contributed by atoms with Crippen LogP contribution in [0, 0.1) is 17.5 Å². The molecule has 1 aliphatic heterocycles. The zero-order chi connectivity index (χ0) is 23.5. The molecule has 11 heteroatoms.